The van der Waals surface area contributed by atoms with Crippen molar-refractivity contribution in [2.24, 2.45) is 0 Å². The van der Waals surface area contributed by atoms with Gasteiger partial charge in [-0.3, -0.25) is 0 Å². The molecular formula is C119H69N7O2S2. The normalized spacial score (nSPS) is 13.2. The molecule has 4 aliphatic rings. The van der Waals surface area contributed by atoms with Crippen LogP contribution < -0.4 is 9.47 Å². The maximum absolute atomic E-state index is 7.32. The first-order valence-electron chi connectivity index (χ1n) is 43.9. The highest BCUT2D eigenvalue weighted by atomic mass is 32.1. The Morgan fingerprint density at radius 1 is 0.200 bits per heavy atom. The van der Waals surface area contributed by atoms with Crippen molar-refractivity contribution in [1.82, 2.24) is 34.9 Å². The first-order valence-corrected chi connectivity index (χ1v) is 45.5. The molecule has 24 aromatic rings. The lowest BCUT2D eigenvalue weighted by Crippen LogP contribution is -2.32. The molecule has 0 atom stereocenters. The van der Waals surface area contributed by atoms with Gasteiger partial charge >= 0.3 is 0 Å². The van der Waals surface area contributed by atoms with Crippen LogP contribution in [0.4, 0.5) is 0 Å². The second kappa shape index (κ2) is 29.0. The van der Waals surface area contributed by atoms with Gasteiger partial charge < -0.3 is 9.47 Å². The van der Waals surface area contributed by atoms with Gasteiger partial charge in [0.25, 0.3) is 0 Å². The van der Waals surface area contributed by atoms with Gasteiger partial charge in [0.15, 0.2) is 23.3 Å². The van der Waals surface area contributed by atoms with Crippen LogP contribution in [-0.2, 0) is 10.8 Å². The van der Waals surface area contributed by atoms with Crippen LogP contribution in [0.25, 0.3) is 197 Å². The van der Waals surface area contributed by atoms with Gasteiger partial charge in [-0.15, -0.1) is 22.7 Å². The van der Waals surface area contributed by atoms with Crippen molar-refractivity contribution in [3.05, 3.63) is 463 Å². The summed E-state index contributed by atoms with van der Waals surface area (Å²) in [6.45, 7) is 0. The average Bonchev–Trinajstić information content (AvgIpc) is 1.49. The molecule has 2 spiro atoms. The Bertz CT molecular complexity index is 8290. The van der Waals surface area contributed by atoms with Gasteiger partial charge in [0.1, 0.15) is 23.0 Å². The fourth-order valence-electron chi connectivity index (χ4n) is 21.4. The molecule has 28 rings (SSSR count). The zero-order chi connectivity index (χ0) is 85.3. The zero-order valence-corrected chi connectivity index (χ0v) is 71.2. The number of hydrogen-bond acceptors (Lipinski definition) is 11. The lowest BCUT2D eigenvalue weighted by molar-refractivity contribution is 0.442. The maximum atomic E-state index is 7.32. The molecule has 0 bridgehead atoms. The maximum Gasteiger partial charge on any atom is 0.165 e. The Morgan fingerprint density at radius 3 is 1.04 bits per heavy atom. The Labute approximate surface area is 754 Å². The molecule has 6 aromatic heterocycles. The van der Waals surface area contributed by atoms with E-state index in [9.17, 15) is 0 Å². The number of benzene rings is 18. The monoisotopic (exact) mass is 1690 g/mol. The fourth-order valence-corrected chi connectivity index (χ4v) is 23.8. The van der Waals surface area contributed by atoms with Gasteiger partial charge in [0, 0.05) is 139 Å². The van der Waals surface area contributed by atoms with Gasteiger partial charge in [0.2, 0.25) is 0 Å². The summed E-state index contributed by atoms with van der Waals surface area (Å²) in [6.07, 6.45) is 0. The number of para-hydroxylation sites is 2. The summed E-state index contributed by atoms with van der Waals surface area (Å²) in [5.41, 5.74) is 26.4. The molecule has 2 aliphatic heterocycles. The minimum atomic E-state index is -0.618. The summed E-state index contributed by atoms with van der Waals surface area (Å²) in [5, 5.41) is 10.9. The van der Waals surface area contributed by atoms with Crippen LogP contribution in [0, 0.1) is 0 Å². The molecule has 0 N–H and O–H groups in total. The summed E-state index contributed by atoms with van der Waals surface area (Å²) in [5.74, 6) is 5.87. The Hall–Kier alpha value is -16.6. The van der Waals surface area contributed by atoms with E-state index >= 15 is 0 Å². The number of ether oxygens (including phenoxy) is 2. The summed E-state index contributed by atoms with van der Waals surface area (Å²) in [7, 11) is 0. The molecule has 2 aliphatic carbocycles. The number of fused-ring (bicyclic) bond motifs is 32. The van der Waals surface area contributed by atoms with Gasteiger partial charge in [-0.2, -0.15) is 0 Å². The van der Waals surface area contributed by atoms with E-state index in [1.54, 1.807) is 11.3 Å². The highest BCUT2D eigenvalue weighted by Crippen LogP contribution is 2.66. The quantitative estimate of drug-likeness (QED) is 0.137. The molecule has 0 saturated heterocycles. The largest absolute Gasteiger partial charge is 0.456 e. The first-order chi connectivity index (χ1) is 64.4. The van der Waals surface area contributed by atoms with Crippen LogP contribution in [0.2, 0.25) is 0 Å². The third-order valence-electron chi connectivity index (χ3n) is 26.9. The van der Waals surface area contributed by atoms with E-state index in [1.165, 1.54) is 80.2 Å². The smallest absolute Gasteiger partial charge is 0.165 e. The Balaban J connectivity index is 0.000000134. The Kier molecular flexibility index (Phi) is 16.4. The highest BCUT2D eigenvalue weighted by Gasteiger charge is 2.53. The van der Waals surface area contributed by atoms with Gasteiger partial charge in [-0.25, -0.2) is 34.9 Å². The lowest BCUT2D eigenvalue weighted by Gasteiger charge is -2.40. The van der Waals surface area contributed by atoms with E-state index < -0.39 is 10.8 Å². The Morgan fingerprint density at radius 2 is 0.554 bits per heavy atom. The summed E-state index contributed by atoms with van der Waals surface area (Å²) in [4.78, 5) is 37.3. The van der Waals surface area contributed by atoms with Crippen LogP contribution in [-0.4, -0.2) is 34.9 Å². The van der Waals surface area contributed by atoms with Crippen LogP contribution >= 0.6 is 22.7 Å². The molecule has 11 heteroatoms. The van der Waals surface area contributed by atoms with Crippen LogP contribution in [0.3, 0.4) is 0 Å². The summed E-state index contributed by atoms with van der Waals surface area (Å²) in [6, 6.07) is 149. The molecule has 130 heavy (non-hydrogen) atoms. The third kappa shape index (κ3) is 11.0. The minimum Gasteiger partial charge on any atom is -0.456 e. The van der Waals surface area contributed by atoms with Crippen LogP contribution in [0.15, 0.2) is 419 Å². The molecular weight excluding hydrogens is 1620 g/mol. The van der Waals surface area contributed by atoms with E-state index in [0.29, 0.717) is 23.3 Å². The number of hydrogen-bond donors (Lipinski definition) is 0. The standard InChI is InChI=1S/C60H35N3OS.C59H34N4OS/c1-3-16-36(17-4-1)56-44-31-32-49-57(64-53-28-13-12-27-48(53)60(49)46-25-10-7-20-39(46)40-21-8-11-26-47(40)60)55(44)45-34-38(30-33-50(45)61-56)51-35-52(63-59(62-51)37-18-5-2-6-19-37)43-24-15-23-42-41-22-9-14-29-54(41)65-58(42)43;1-3-16-35(17-4-1)53-42-31-32-48-54(64-50-28-13-12-27-47(50)59(48)45-25-10-7-20-38(45)39-21-8-11-26-46(39)59)52(42)44-34-37(30-33-49(44)60-53)57-61-56(36-18-5-2-6-19-36)62-58(63-57)43-24-15-23-41-40-22-9-14-29-51(40)65-55(41)43/h1-35H;1-34H. The number of pyridine rings is 2. The van der Waals surface area contributed by atoms with Gasteiger partial charge in [0.05, 0.1) is 44.6 Å². The van der Waals surface area contributed by atoms with Crippen molar-refractivity contribution >= 4 is 106 Å². The number of nitrogens with zero attached hydrogens (tertiary/aromatic N) is 7. The average molecular weight is 1690 g/mol. The molecule has 0 amide bonds. The molecule has 8 heterocycles. The highest BCUT2D eigenvalue weighted by molar-refractivity contribution is 7.26. The molecule has 0 saturated carbocycles. The first kappa shape index (κ1) is 73.8. The summed E-state index contributed by atoms with van der Waals surface area (Å²) < 4.78 is 19.5. The molecule has 0 unspecified atom stereocenters. The van der Waals surface area contributed by atoms with Crippen molar-refractivity contribution in [1.29, 1.82) is 0 Å². The fraction of sp³-hybridized carbons (Fsp3) is 0.0168. The number of thiophene rings is 2. The van der Waals surface area contributed by atoms with Gasteiger partial charge in [-0.1, -0.05) is 352 Å². The number of aromatic nitrogens is 7. The summed E-state index contributed by atoms with van der Waals surface area (Å²) >= 11 is 3.59. The molecule has 0 radical (unpaired) electrons. The van der Waals surface area contributed by atoms with Crippen molar-refractivity contribution < 1.29 is 9.47 Å². The zero-order valence-electron chi connectivity index (χ0n) is 69.6. The van der Waals surface area contributed by atoms with Crippen molar-refractivity contribution in [3.63, 3.8) is 0 Å². The van der Waals surface area contributed by atoms with Crippen LogP contribution in [0.5, 0.6) is 23.0 Å². The van der Waals surface area contributed by atoms with Crippen molar-refractivity contribution in [2.75, 3.05) is 0 Å². The minimum absolute atomic E-state index is 0.584. The molecule has 0 fully saturated rings. The van der Waals surface area contributed by atoms with E-state index in [-0.39, 0.29) is 0 Å². The van der Waals surface area contributed by atoms with Crippen molar-refractivity contribution in [2.45, 2.75) is 10.8 Å². The third-order valence-corrected chi connectivity index (χ3v) is 29.4. The van der Waals surface area contributed by atoms with Gasteiger partial charge in [-0.05, 0) is 111 Å². The topological polar surface area (TPSA) is 109 Å². The lowest BCUT2D eigenvalue weighted by atomic mass is 9.65. The predicted octanol–water partition coefficient (Wildman–Crippen LogP) is 30.8. The number of rotatable bonds is 8. The van der Waals surface area contributed by atoms with E-state index in [0.717, 1.165) is 161 Å². The molecule has 604 valence electrons. The van der Waals surface area contributed by atoms with E-state index in [2.05, 4.69) is 376 Å². The van der Waals surface area contributed by atoms with Crippen molar-refractivity contribution in [3.8, 4) is 136 Å². The second-order valence-corrected chi connectivity index (χ2v) is 35.9. The van der Waals surface area contributed by atoms with E-state index in [4.69, 9.17) is 44.4 Å². The SMILES string of the molecule is c1ccc(-c2nc(-c3ccc4nc(-c5ccccc5)c5ccc6c(c5c4c3)Oc3ccccc3C63c4ccccc4-c4ccccc43)cc(-c3cccc4c3sc3ccccc34)n2)cc1.c1ccc(-c2nc(-c3ccc4nc(-c5ccccc5)c5ccc6c(c5c4c3)Oc3ccccc3C63c4ccccc4-c4ccccc43)nc(-c3cccc4c3sc3ccccc34)n2)cc1. The molecule has 9 nitrogen and oxygen atoms in total. The molecule has 18 aromatic carbocycles. The van der Waals surface area contributed by atoms with E-state index in [1.807, 2.05) is 53.8 Å². The second-order valence-electron chi connectivity index (χ2n) is 33.8. The van der Waals surface area contributed by atoms with Crippen LogP contribution in [0.1, 0.15) is 44.5 Å². The predicted molar refractivity (Wildman–Crippen MR) is 531 cm³/mol.